The largest absolute Gasteiger partial charge is 0.350 e. The van der Waals surface area contributed by atoms with Gasteiger partial charge in [-0.15, -0.1) is 0 Å². The van der Waals surface area contributed by atoms with Crippen molar-refractivity contribution in [1.82, 2.24) is 9.88 Å². The molecule has 18 heavy (non-hydrogen) atoms. The Morgan fingerprint density at radius 3 is 3.11 bits per heavy atom. The third kappa shape index (κ3) is 2.27. The highest BCUT2D eigenvalue weighted by molar-refractivity contribution is 6.35. The monoisotopic (exact) mass is 262 g/mol. The van der Waals surface area contributed by atoms with Gasteiger partial charge in [0.05, 0.1) is 5.02 Å². The van der Waals surface area contributed by atoms with Gasteiger partial charge in [0.2, 0.25) is 0 Å². The minimum atomic E-state index is 0.757. The summed E-state index contributed by atoms with van der Waals surface area (Å²) in [4.78, 5) is 0. The lowest BCUT2D eigenvalue weighted by molar-refractivity contribution is 0.376. The van der Waals surface area contributed by atoms with Crippen LogP contribution >= 0.6 is 11.6 Å². The van der Waals surface area contributed by atoms with Gasteiger partial charge in [-0.1, -0.05) is 11.6 Å². The first-order chi connectivity index (χ1) is 8.74. The number of halogens is 1. The van der Waals surface area contributed by atoms with Crippen LogP contribution in [0, 0.1) is 5.92 Å². The van der Waals surface area contributed by atoms with Crippen LogP contribution in [0.3, 0.4) is 0 Å². The van der Waals surface area contributed by atoms with E-state index in [9.17, 15) is 0 Å². The van der Waals surface area contributed by atoms with Gasteiger partial charge in [-0.25, -0.2) is 0 Å². The van der Waals surface area contributed by atoms with Gasteiger partial charge in [0.25, 0.3) is 0 Å². The summed E-state index contributed by atoms with van der Waals surface area (Å²) in [6, 6.07) is 6.51. The highest BCUT2D eigenvalue weighted by Crippen LogP contribution is 2.28. The Labute approximate surface area is 113 Å². The number of hydrogen-bond donors (Lipinski definition) is 1. The van der Waals surface area contributed by atoms with Gasteiger partial charge in [-0.3, -0.25) is 0 Å². The Bertz CT molecular complexity index is 553. The van der Waals surface area contributed by atoms with Crippen molar-refractivity contribution < 1.29 is 0 Å². The van der Waals surface area contributed by atoms with Crippen LogP contribution in [-0.4, -0.2) is 17.7 Å². The van der Waals surface area contributed by atoms with Crippen LogP contribution in [0.4, 0.5) is 0 Å². The van der Waals surface area contributed by atoms with Crippen LogP contribution < -0.4 is 5.32 Å². The van der Waals surface area contributed by atoms with Crippen LogP contribution in [0.25, 0.3) is 10.9 Å². The van der Waals surface area contributed by atoms with E-state index >= 15 is 0 Å². The van der Waals surface area contributed by atoms with Gasteiger partial charge >= 0.3 is 0 Å². The van der Waals surface area contributed by atoms with Crippen LogP contribution in [0.5, 0.6) is 0 Å². The minimum Gasteiger partial charge on any atom is -0.350 e. The van der Waals surface area contributed by atoms with Crippen molar-refractivity contribution in [2.24, 2.45) is 13.0 Å². The summed E-state index contributed by atoms with van der Waals surface area (Å²) < 4.78 is 2.14. The average Bonchev–Trinajstić information content (AvgIpc) is 2.73. The van der Waals surface area contributed by atoms with Crippen LogP contribution in [0.1, 0.15) is 18.4 Å². The van der Waals surface area contributed by atoms with E-state index in [4.69, 9.17) is 11.6 Å². The van der Waals surface area contributed by atoms with E-state index in [1.54, 1.807) is 0 Å². The number of aromatic nitrogens is 1. The van der Waals surface area contributed by atoms with Gasteiger partial charge in [-0.05, 0) is 62.0 Å². The molecule has 0 bridgehead atoms. The van der Waals surface area contributed by atoms with E-state index in [-0.39, 0.29) is 0 Å². The number of nitrogens with zero attached hydrogens (tertiary/aromatic N) is 1. The highest BCUT2D eigenvalue weighted by atomic mass is 35.5. The Balaban J connectivity index is 1.89. The minimum absolute atomic E-state index is 0.757. The molecular weight excluding hydrogens is 244 g/mol. The van der Waals surface area contributed by atoms with Crippen molar-refractivity contribution in [1.29, 1.82) is 0 Å². The molecule has 0 aliphatic carbocycles. The van der Waals surface area contributed by atoms with Crippen molar-refractivity contribution in [3.63, 3.8) is 0 Å². The van der Waals surface area contributed by atoms with E-state index < -0.39 is 0 Å². The van der Waals surface area contributed by atoms with Crippen LogP contribution in [0.2, 0.25) is 5.02 Å². The summed E-state index contributed by atoms with van der Waals surface area (Å²) in [5.41, 5.74) is 2.60. The van der Waals surface area contributed by atoms with E-state index in [0.29, 0.717) is 0 Å². The fourth-order valence-electron chi connectivity index (χ4n) is 2.93. The van der Waals surface area contributed by atoms with Crippen molar-refractivity contribution in [2.75, 3.05) is 13.1 Å². The summed E-state index contributed by atoms with van der Waals surface area (Å²) in [5, 5.41) is 5.51. The average molecular weight is 263 g/mol. The van der Waals surface area contributed by atoms with Gasteiger partial charge in [0, 0.05) is 24.1 Å². The topological polar surface area (TPSA) is 17.0 Å². The van der Waals surface area contributed by atoms with Gasteiger partial charge in [0.15, 0.2) is 0 Å². The van der Waals surface area contributed by atoms with Gasteiger partial charge in [0.1, 0.15) is 0 Å². The highest BCUT2D eigenvalue weighted by Gasteiger charge is 2.14. The molecule has 1 N–H and O–H groups in total. The molecule has 1 aromatic carbocycles. The summed E-state index contributed by atoms with van der Waals surface area (Å²) >= 11 is 6.36. The van der Waals surface area contributed by atoms with Crippen LogP contribution in [0.15, 0.2) is 24.4 Å². The zero-order chi connectivity index (χ0) is 12.5. The van der Waals surface area contributed by atoms with Crippen molar-refractivity contribution in [2.45, 2.75) is 19.3 Å². The normalized spacial score (nSPS) is 20.4. The quantitative estimate of drug-likeness (QED) is 0.878. The lowest BCUT2D eigenvalue weighted by Crippen LogP contribution is -2.30. The fourth-order valence-corrected chi connectivity index (χ4v) is 3.23. The maximum atomic E-state index is 6.36. The molecule has 0 saturated carbocycles. The zero-order valence-electron chi connectivity index (χ0n) is 10.7. The molecule has 1 aromatic heterocycles. The molecule has 3 rings (SSSR count). The van der Waals surface area contributed by atoms with Gasteiger partial charge < -0.3 is 9.88 Å². The number of nitrogens with one attached hydrogen (secondary N) is 1. The molecule has 1 aliphatic heterocycles. The first-order valence-electron chi connectivity index (χ1n) is 6.68. The molecule has 0 spiro atoms. The third-order valence-electron chi connectivity index (χ3n) is 3.94. The molecule has 1 unspecified atom stereocenters. The molecule has 2 heterocycles. The number of benzene rings is 1. The van der Waals surface area contributed by atoms with Gasteiger partial charge in [-0.2, -0.15) is 0 Å². The smallest absolute Gasteiger partial charge is 0.0502 e. The summed E-state index contributed by atoms with van der Waals surface area (Å²) in [6.45, 7) is 2.32. The van der Waals surface area contributed by atoms with E-state index in [1.807, 2.05) is 0 Å². The summed E-state index contributed by atoms with van der Waals surface area (Å²) in [7, 11) is 2.07. The third-order valence-corrected chi connectivity index (χ3v) is 4.25. The molecule has 1 aliphatic rings. The Hall–Kier alpha value is -0.990. The molecular formula is C15H19ClN2. The fraction of sp³-hybridized carbons (Fsp3) is 0.467. The second kappa shape index (κ2) is 4.94. The first-order valence-corrected chi connectivity index (χ1v) is 7.06. The molecule has 2 nitrogen and oxygen atoms in total. The van der Waals surface area contributed by atoms with E-state index in [1.165, 1.54) is 30.5 Å². The standard InChI is InChI=1S/C15H19ClN2/c1-18-6-4-13-14(16)8-12(9-15(13)18)7-11-3-2-5-17-10-11/h4,6,8-9,11,17H,2-3,5,7,10H2,1H3. The second-order valence-electron chi connectivity index (χ2n) is 5.35. The summed E-state index contributed by atoms with van der Waals surface area (Å²) in [6.07, 6.45) is 5.83. The lowest BCUT2D eigenvalue weighted by atomic mass is 9.92. The van der Waals surface area contributed by atoms with Crippen molar-refractivity contribution in [3.8, 4) is 0 Å². The van der Waals surface area contributed by atoms with E-state index in [2.05, 4.69) is 41.3 Å². The van der Waals surface area contributed by atoms with Crippen molar-refractivity contribution in [3.05, 3.63) is 35.0 Å². The second-order valence-corrected chi connectivity index (χ2v) is 5.76. The predicted octanol–water partition coefficient (Wildman–Crippen LogP) is 3.37. The number of hydrogen-bond acceptors (Lipinski definition) is 1. The zero-order valence-corrected chi connectivity index (χ0v) is 11.5. The van der Waals surface area contributed by atoms with Crippen LogP contribution in [-0.2, 0) is 13.5 Å². The molecule has 96 valence electrons. The predicted molar refractivity (Wildman–Crippen MR) is 77.2 cm³/mol. The maximum absolute atomic E-state index is 6.36. The SMILES string of the molecule is Cn1ccc2c(Cl)cc(CC3CCCNC3)cc21. The molecule has 3 heteroatoms. The van der Waals surface area contributed by atoms with Crippen molar-refractivity contribution >= 4 is 22.5 Å². The maximum Gasteiger partial charge on any atom is 0.0502 e. The Kier molecular flexibility index (Phi) is 3.31. The number of aryl methyl sites for hydroxylation is 1. The number of piperidine rings is 1. The molecule has 0 amide bonds. The molecule has 1 saturated heterocycles. The Morgan fingerprint density at radius 1 is 1.44 bits per heavy atom. The lowest BCUT2D eigenvalue weighted by Gasteiger charge is -2.22. The first kappa shape index (κ1) is 12.1. The molecule has 2 aromatic rings. The molecule has 0 radical (unpaired) electrons. The number of rotatable bonds is 2. The summed E-state index contributed by atoms with van der Waals surface area (Å²) in [5.74, 6) is 0.757. The number of fused-ring (bicyclic) bond motifs is 1. The Morgan fingerprint density at radius 2 is 2.33 bits per heavy atom. The molecule has 1 atom stereocenters. The van der Waals surface area contributed by atoms with E-state index in [0.717, 1.165) is 29.3 Å². The molecule has 1 fully saturated rings.